The number of thiophene rings is 1. The molecule has 3 aromatic heterocycles. The number of hydrogen-bond donors (Lipinski definition) is 1. The van der Waals surface area contributed by atoms with E-state index in [4.69, 9.17) is 4.42 Å². The van der Waals surface area contributed by atoms with E-state index in [1.54, 1.807) is 35.9 Å². The third kappa shape index (κ3) is 3.51. The van der Waals surface area contributed by atoms with Gasteiger partial charge in [-0.25, -0.2) is 0 Å². The third-order valence-corrected chi connectivity index (χ3v) is 3.62. The minimum Gasteiger partial charge on any atom is -0.419 e. The Morgan fingerprint density at radius 2 is 2.10 bits per heavy atom. The van der Waals surface area contributed by atoms with Gasteiger partial charge >= 0.3 is 0 Å². The predicted molar refractivity (Wildman–Crippen MR) is 77.4 cm³/mol. The topological polar surface area (TPSA) is 80.9 Å². The van der Waals surface area contributed by atoms with Gasteiger partial charge in [0.25, 0.3) is 0 Å². The Labute approximate surface area is 124 Å². The molecule has 0 aliphatic carbocycles. The van der Waals surface area contributed by atoms with Gasteiger partial charge in [-0.05, 0) is 23.6 Å². The van der Waals surface area contributed by atoms with Crippen LogP contribution in [0, 0.1) is 0 Å². The van der Waals surface area contributed by atoms with E-state index in [1.807, 2.05) is 17.5 Å². The molecule has 0 fully saturated rings. The van der Waals surface area contributed by atoms with Crippen LogP contribution in [0.3, 0.4) is 0 Å². The van der Waals surface area contributed by atoms with E-state index in [9.17, 15) is 4.79 Å². The Morgan fingerprint density at radius 3 is 2.86 bits per heavy atom. The number of carbonyl (C=O) groups excluding carboxylic acids is 1. The second-order valence-electron chi connectivity index (χ2n) is 4.27. The lowest BCUT2D eigenvalue weighted by atomic mass is 10.3. The van der Waals surface area contributed by atoms with Gasteiger partial charge in [0, 0.05) is 22.8 Å². The van der Waals surface area contributed by atoms with E-state index in [0.717, 1.165) is 10.4 Å². The second-order valence-corrected chi connectivity index (χ2v) is 5.30. The van der Waals surface area contributed by atoms with Gasteiger partial charge in [0.05, 0.1) is 13.0 Å². The van der Waals surface area contributed by atoms with E-state index in [0.29, 0.717) is 18.2 Å². The van der Waals surface area contributed by atoms with Crippen molar-refractivity contribution in [2.24, 2.45) is 0 Å². The molecule has 0 radical (unpaired) electrons. The van der Waals surface area contributed by atoms with Gasteiger partial charge in [0.2, 0.25) is 17.7 Å². The molecule has 0 aliphatic heterocycles. The third-order valence-electron chi connectivity index (χ3n) is 2.75. The molecule has 6 nitrogen and oxygen atoms in total. The molecule has 0 saturated carbocycles. The molecule has 1 N–H and O–H groups in total. The first-order valence-corrected chi connectivity index (χ1v) is 7.21. The van der Waals surface area contributed by atoms with Crippen molar-refractivity contribution in [3.05, 3.63) is 52.8 Å². The normalized spacial score (nSPS) is 10.5. The molecular weight excluding hydrogens is 288 g/mol. The maximum absolute atomic E-state index is 11.8. The van der Waals surface area contributed by atoms with Gasteiger partial charge in [-0.2, -0.15) is 0 Å². The fraction of sp³-hybridized carbons (Fsp3) is 0.143. The molecule has 0 aromatic carbocycles. The van der Waals surface area contributed by atoms with Gasteiger partial charge in [-0.1, -0.05) is 6.07 Å². The van der Waals surface area contributed by atoms with Gasteiger partial charge in [-0.15, -0.1) is 21.5 Å². The second kappa shape index (κ2) is 6.27. The lowest BCUT2D eigenvalue weighted by Crippen LogP contribution is -2.24. The number of pyridine rings is 1. The summed E-state index contributed by atoms with van der Waals surface area (Å²) in [5, 5.41) is 12.6. The molecule has 0 unspecified atom stereocenters. The van der Waals surface area contributed by atoms with Crippen LogP contribution >= 0.6 is 11.3 Å². The first-order chi connectivity index (χ1) is 10.3. The fourth-order valence-corrected chi connectivity index (χ4v) is 2.45. The summed E-state index contributed by atoms with van der Waals surface area (Å²) in [6.07, 6.45) is 3.67. The van der Waals surface area contributed by atoms with Gasteiger partial charge in [0.15, 0.2) is 0 Å². The van der Waals surface area contributed by atoms with Crippen LogP contribution in [0.5, 0.6) is 0 Å². The minimum absolute atomic E-state index is 0.0684. The molecule has 7 heteroatoms. The molecule has 3 rings (SSSR count). The molecule has 3 heterocycles. The van der Waals surface area contributed by atoms with Crippen LogP contribution < -0.4 is 5.32 Å². The lowest BCUT2D eigenvalue weighted by Gasteiger charge is -2.00. The van der Waals surface area contributed by atoms with Gasteiger partial charge in [-0.3, -0.25) is 9.78 Å². The number of aromatic nitrogens is 3. The van der Waals surface area contributed by atoms with E-state index >= 15 is 0 Å². The van der Waals surface area contributed by atoms with Crippen LogP contribution in [0.1, 0.15) is 10.8 Å². The minimum atomic E-state index is -0.0684. The Kier molecular flexibility index (Phi) is 4.02. The molecule has 0 aliphatic rings. The van der Waals surface area contributed by atoms with Crippen LogP contribution in [0.15, 0.2) is 46.5 Å². The van der Waals surface area contributed by atoms with Crippen molar-refractivity contribution in [2.45, 2.75) is 13.0 Å². The first kappa shape index (κ1) is 13.4. The van der Waals surface area contributed by atoms with Crippen LogP contribution in [0.2, 0.25) is 0 Å². The Balaban J connectivity index is 1.56. The predicted octanol–water partition coefficient (Wildman–Crippen LogP) is 2.05. The summed E-state index contributed by atoms with van der Waals surface area (Å²) in [6.45, 7) is 0.224. The highest BCUT2D eigenvalue weighted by Crippen LogP contribution is 2.16. The van der Waals surface area contributed by atoms with E-state index in [1.165, 1.54) is 0 Å². The van der Waals surface area contributed by atoms with Crippen LogP contribution in [-0.4, -0.2) is 21.1 Å². The number of nitrogens with one attached hydrogen (secondary N) is 1. The molecule has 1 amide bonds. The zero-order valence-corrected chi connectivity index (χ0v) is 11.8. The zero-order valence-electron chi connectivity index (χ0n) is 11.0. The standard InChI is InChI=1S/C14H12N4O2S/c19-12(8-11-2-1-7-21-11)16-9-13-17-18-14(20-13)10-3-5-15-6-4-10/h1-7H,8-9H2,(H,16,19). The molecule has 3 aromatic rings. The maximum atomic E-state index is 11.8. The Hall–Kier alpha value is -2.54. The number of carbonyl (C=O) groups is 1. The number of nitrogens with zero attached hydrogens (tertiary/aromatic N) is 3. The van der Waals surface area contributed by atoms with Crippen molar-refractivity contribution in [3.63, 3.8) is 0 Å². The van der Waals surface area contributed by atoms with Crippen molar-refractivity contribution in [3.8, 4) is 11.5 Å². The summed E-state index contributed by atoms with van der Waals surface area (Å²) in [4.78, 5) is 16.7. The zero-order chi connectivity index (χ0) is 14.5. The first-order valence-electron chi connectivity index (χ1n) is 6.33. The average Bonchev–Trinajstić information content (AvgIpc) is 3.17. The van der Waals surface area contributed by atoms with E-state index < -0.39 is 0 Å². The van der Waals surface area contributed by atoms with E-state index in [2.05, 4.69) is 20.5 Å². The Bertz CT molecular complexity index is 710. The molecule has 0 spiro atoms. The summed E-state index contributed by atoms with van der Waals surface area (Å²) in [6, 6.07) is 7.42. The SMILES string of the molecule is O=C(Cc1cccs1)NCc1nnc(-c2ccncc2)o1. The summed E-state index contributed by atoms with van der Waals surface area (Å²) in [5.41, 5.74) is 0.800. The molecule has 0 bridgehead atoms. The molecule has 0 atom stereocenters. The number of amides is 1. The van der Waals surface area contributed by atoms with Gasteiger partial charge < -0.3 is 9.73 Å². The van der Waals surface area contributed by atoms with Crippen molar-refractivity contribution in [1.82, 2.24) is 20.5 Å². The van der Waals surface area contributed by atoms with Crippen LogP contribution in [0.4, 0.5) is 0 Å². The molecular formula is C14H12N4O2S. The summed E-state index contributed by atoms with van der Waals surface area (Å²) in [7, 11) is 0. The van der Waals surface area contributed by atoms with E-state index in [-0.39, 0.29) is 12.5 Å². The highest BCUT2D eigenvalue weighted by Gasteiger charge is 2.10. The molecule has 106 valence electrons. The highest BCUT2D eigenvalue weighted by atomic mass is 32.1. The number of rotatable bonds is 5. The van der Waals surface area contributed by atoms with Crippen LogP contribution in [0.25, 0.3) is 11.5 Å². The largest absolute Gasteiger partial charge is 0.419 e. The lowest BCUT2D eigenvalue weighted by molar-refractivity contribution is -0.120. The van der Waals surface area contributed by atoms with Crippen LogP contribution in [-0.2, 0) is 17.8 Å². The van der Waals surface area contributed by atoms with Crippen molar-refractivity contribution >= 4 is 17.2 Å². The summed E-state index contributed by atoms with van der Waals surface area (Å²) >= 11 is 1.56. The van der Waals surface area contributed by atoms with Crippen molar-refractivity contribution < 1.29 is 9.21 Å². The summed E-state index contributed by atoms with van der Waals surface area (Å²) < 4.78 is 5.49. The monoisotopic (exact) mass is 300 g/mol. The fourth-order valence-electron chi connectivity index (χ4n) is 1.74. The van der Waals surface area contributed by atoms with Crippen molar-refractivity contribution in [1.29, 1.82) is 0 Å². The molecule has 0 saturated heterocycles. The number of hydrogen-bond acceptors (Lipinski definition) is 6. The Morgan fingerprint density at radius 1 is 1.24 bits per heavy atom. The quantitative estimate of drug-likeness (QED) is 0.780. The average molecular weight is 300 g/mol. The summed E-state index contributed by atoms with van der Waals surface area (Å²) in [5.74, 6) is 0.724. The van der Waals surface area contributed by atoms with Gasteiger partial charge in [0.1, 0.15) is 0 Å². The smallest absolute Gasteiger partial charge is 0.247 e. The molecule has 21 heavy (non-hydrogen) atoms. The van der Waals surface area contributed by atoms with Crippen molar-refractivity contribution in [2.75, 3.05) is 0 Å². The maximum Gasteiger partial charge on any atom is 0.247 e. The highest BCUT2D eigenvalue weighted by molar-refractivity contribution is 7.10.